The van der Waals surface area contributed by atoms with Crippen LogP contribution in [0.15, 0.2) is 23.1 Å². The summed E-state index contributed by atoms with van der Waals surface area (Å²) < 4.78 is 32.5. The molecule has 0 heterocycles. The van der Waals surface area contributed by atoms with E-state index in [1.165, 1.54) is 4.31 Å². The largest absolute Gasteiger partial charge is 0.383 e. The Balaban J connectivity index is 3.27. The Kier molecular flexibility index (Phi) is 6.80. The highest BCUT2D eigenvalue weighted by atomic mass is 32.2. The normalized spacial score (nSPS) is 13.6. The standard InChI is InChI=1S/C15H26N2O3S/c1-5-13(3)17(8-9-20-4)21(18,19)15-10-14(11-16)7-6-12(15)2/h6-7,10,13H,5,8-9,11,16H2,1-4H3. The van der Waals surface area contributed by atoms with E-state index in [0.29, 0.717) is 24.6 Å². The molecule has 5 nitrogen and oxygen atoms in total. The van der Waals surface area contributed by atoms with Crippen molar-refractivity contribution in [2.75, 3.05) is 20.3 Å². The van der Waals surface area contributed by atoms with Crippen molar-refractivity contribution in [3.63, 3.8) is 0 Å². The summed E-state index contributed by atoms with van der Waals surface area (Å²) >= 11 is 0. The Morgan fingerprint density at radius 3 is 2.57 bits per heavy atom. The van der Waals surface area contributed by atoms with Gasteiger partial charge in [0.1, 0.15) is 0 Å². The molecular formula is C15H26N2O3S. The zero-order valence-corrected chi connectivity index (χ0v) is 14.1. The Labute approximate surface area is 128 Å². The fourth-order valence-electron chi connectivity index (χ4n) is 2.14. The molecule has 1 aromatic carbocycles. The summed E-state index contributed by atoms with van der Waals surface area (Å²) in [4.78, 5) is 0.335. The molecule has 0 aliphatic rings. The third kappa shape index (κ3) is 4.26. The van der Waals surface area contributed by atoms with Crippen LogP contribution < -0.4 is 5.73 Å². The molecular weight excluding hydrogens is 288 g/mol. The fourth-order valence-corrected chi connectivity index (χ4v) is 4.10. The van der Waals surface area contributed by atoms with Gasteiger partial charge in [0.2, 0.25) is 10.0 Å². The Morgan fingerprint density at radius 1 is 1.38 bits per heavy atom. The molecule has 6 heteroatoms. The molecule has 0 aromatic heterocycles. The van der Waals surface area contributed by atoms with Crippen LogP contribution in [-0.4, -0.2) is 39.0 Å². The summed E-state index contributed by atoms with van der Waals surface area (Å²) in [5.74, 6) is 0. The minimum atomic E-state index is -3.55. The second-order valence-corrected chi connectivity index (χ2v) is 7.03. The van der Waals surface area contributed by atoms with Gasteiger partial charge in [0.05, 0.1) is 11.5 Å². The molecule has 0 amide bonds. The van der Waals surface area contributed by atoms with Gasteiger partial charge in [-0.25, -0.2) is 8.42 Å². The molecule has 120 valence electrons. The van der Waals surface area contributed by atoms with Gasteiger partial charge in [-0.2, -0.15) is 4.31 Å². The van der Waals surface area contributed by atoms with Gasteiger partial charge >= 0.3 is 0 Å². The summed E-state index contributed by atoms with van der Waals surface area (Å²) in [6.07, 6.45) is 0.749. The molecule has 0 aliphatic carbocycles. The lowest BCUT2D eigenvalue weighted by atomic mass is 10.1. The van der Waals surface area contributed by atoms with E-state index in [0.717, 1.165) is 17.5 Å². The number of hydrogen-bond donors (Lipinski definition) is 1. The van der Waals surface area contributed by atoms with Crippen molar-refractivity contribution < 1.29 is 13.2 Å². The van der Waals surface area contributed by atoms with Crippen molar-refractivity contribution in [3.05, 3.63) is 29.3 Å². The number of nitrogens with zero attached hydrogens (tertiary/aromatic N) is 1. The Morgan fingerprint density at radius 2 is 2.05 bits per heavy atom. The van der Waals surface area contributed by atoms with Crippen LogP contribution in [0.25, 0.3) is 0 Å². The van der Waals surface area contributed by atoms with Gasteiger partial charge in [-0.3, -0.25) is 0 Å². The average Bonchev–Trinajstić information content (AvgIpc) is 2.47. The van der Waals surface area contributed by atoms with E-state index in [1.54, 1.807) is 26.2 Å². The molecule has 0 saturated carbocycles. The first-order chi connectivity index (χ1) is 9.88. The van der Waals surface area contributed by atoms with Crippen LogP contribution in [0.1, 0.15) is 31.4 Å². The summed E-state index contributed by atoms with van der Waals surface area (Å²) in [6.45, 7) is 6.74. The quantitative estimate of drug-likeness (QED) is 0.795. The van der Waals surface area contributed by atoms with E-state index in [2.05, 4.69) is 0 Å². The lowest BCUT2D eigenvalue weighted by Gasteiger charge is -2.28. The third-order valence-corrected chi connectivity index (χ3v) is 5.83. The highest BCUT2D eigenvalue weighted by Crippen LogP contribution is 2.23. The maximum Gasteiger partial charge on any atom is 0.243 e. The lowest BCUT2D eigenvalue weighted by molar-refractivity contribution is 0.167. The summed E-state index contributed by atoms with van der Waals surface area (Å²) in [7, 11) is -1.98. The number of nitrogens with two attached hydrogens (primary N) is 1. The Bertz CT molecular complexity index is 558. The molecule has 1 unspecified atom stereocenters. The van der Waals surface area contributed by atoms with Gasteiger partial charge in [-0.1, -0.05) is 19.1 Å². The van der Waals surface area contributed by atoms with Crippen LogP contribution in [0.2, 0.25) is 0 Å². The monoisotopic (exact) mass is 314 g/mol. The smallest absolute Gasteiger partial charge is 0.243 e. The highest BCUT2D eigenvalue weighted by molar-refractivity contribution is 7.89. The van der Waals surface area contributed by atoms with Crippen LogP contribution in [0.3, 0.4) is 0 Å². The topological polar surface area (TPSA) is 72.6 Å². The van der Waals surface area contributed by atoms with Gasteiger partial charge in [-0.05, 0) is 37.5 Å². The number of rotatable bonds is 8. The zero-order valence-electron chi connectivity index (χ0n) is 13.3. The van der Waals surface area contributed by atoms with Crippen LogP contribution in [0.5, 0.6) is 0 Å². The Hall–Kier alpha value is -0.950. The summed E-state index contributed by atoms with van der Waals surface area (Å²) in [5.41, 5.74) is 7.17. The van der Waals surface area contributed by atoms with Crippen LogP contribution >= 0.6 is 0 Å². The van der Waals surface area contributed by atoms with E-state index in [4.69, 9.17) is 10.5 Å². The molecule has 0 fully saturated rings. The van der Waals surface area contributed by atoms with Crippen LogP contribution in [0, 0.1) is 6.92 Å². The minimum Gasteiger partial charge on any atom is -0.383 e. The first-order valence-electron chi connectivity index (χ1n) is 7.18. The molecule has 0 spiro atoms. The molecule has 0 saturated heterocycles. The summed E-state index contributed by atoms with van der Waals surface area (Å²) in [6, 6.07) is 5.26. The highest BCUT2D eigenvalue weighted by Gasteiger charge is 2.29. The number of aryl methyl sites for hydroxylation is 1. The van der Waals surface area contributed by atoms with Gasteiger partial charge in [0, 0.05) is 26.2 Å². The molecule has 1 aromatic rings. The van der Waals surface area contributed by atoms with Crippen LogP contribution in [0.4, 0.5) is 0 Å². The lowest BCUT2D eigenvalue weighted by Crippen LogP contribution is -2.40. The SMILES string of the molecule is CCC(C)N(CCOC)S(=O)(=O)c1cc(CN)ccc1C. The predicted molar refractivity (Wildman–Crippen MR) is 84.6 cm³/mol. The molecule has 0 bridgehead atoms. The zero-order chi connectivity index (χ0) is 16.0. The van der Waals surface area contributed by atoms with Crippen LogP contribution in [-0.2, 0) is 21.3 Å². The van der Waals surface area contributed by atoms with E-state index in [1.807, 2.05) is 19.9 Å². The maximum atomic E-state index is 13.0. The number of ether oxygens (including phenoxy) is 1. The summed E-state index contributed by atoms with van der Waals surface area (Å²) in [5, 5.41) is 0. The second kappa shape index (κ2) is 7.89. The van der Waals surface area contributed by atoms with Crippen molar-refractivity contribution in [1.82, 2.24) is 4.31 Å². The third-order valence-electron chi connectivity index (χ3n) is 3.67. The number of sulfonamides is 1. The van der Waals surface area contributed by atoms with Gasteiger partial charge < -0.3 is 10.5 Å². The fraction of sp³-hybridized carbons (Fsp3) is 0.600. The van der Waals surface area contributed by atoms with Gasteiger partial charge in [0.25, 0.3) is 0 Å². The van der Waals surface area contributed by atoms with Crippen molar-refractivity contribution in [3.8, 4) is 0 Å². The van der Waals surface area contributed by atoms with Crippen molar-refractivity contribution in [2.24, 2.45) is 5.73 Å². The van der Waals surface area contributed by atoms with Crippen molar-refractivity contribution >= 4 is 10.0 Å². The second-order valence-electron chi connectivity index (χ2n) is 5.17. The molecule has 1 rings (SSSR count). The minimum absolute atomic E-state index is 0.0777. The van der Waals surface area contributed by atoms with Gasteiger partial charge in [0.15, 0.2) is 0 Å². The number of benzene rings is 1. The first-order valence-corrected chi connectivity index (χ1v) is 8.62. The van der Waals surface area contributed by atoms with Crippen molar-refractivity contribution in [2.45, 2.75) is 44.7 Å². The van der Waals surface area contributed by atoms with E-state index in [9.17, 15) is 8.42 Å². The van der Waals surface area contributed by atoms with E-state index in [-0.39, 0.29) is 6.04 Å². The number of methoxy groups -OCH3 is 1. The van der Waals surface area contributed by atoms with Gasteiger partial charge in [-0.15, -0.1) is 0 Å². The molecule has 21 heavy (non-hydrogen) atoms. The molecule has 0 radical (unpaired) electrons. The first kappa shape index (κ1) is 18.1. The van der Waals surface area contributed by atoms with E-state index < -0.39 is 10.0 Å². The average molecular weight is 314 g/mol. The molecule has 1 atom stereocenters. The van der Waals surface area contributed by atoms with Crippen molar-refractivity contribution in [1.29, 1.82) is 0 Å². The molecule has 2 N–H and O–H groups in total. The number of hydrogen-bond acceptors (Lipinski definition) is 4. The molecule has 0 aliphatic heterocycles. The van der Waals surface area contributed by atoms with E-state index >= 15 is 0 Å². The maximum absolute atomic E-state index is 13.0. The predicted octanol–water partition coefficient (Wildman–Crippen LogP) is 1.89.